The van der Waals surface area contributed by atoms with Gasteiger partial charge in [0.1, 0.15) is 0 Å². The summed E-state index contributed by atoms with van der Waals surface area (Å²) in [5, 5.41) is 14.7. The fourth-order valence-corrected chi connectivity index (χ4v) is 2.47. The summed E-state index contributed by atoms with van der Waals surface area (Å²) in [6.45, 7) is 1.42. The van der Waals surface area contributed by atoms with E-state index < -0.39 is 29.6 Å². The molecule has 2 atom stereocenters. The van der Waals surface area contributed by atoms with Crippen molar-refractivity contribution in [3.8, 4) is 0 Å². The van der Waals surface area contributed by atoms with E-state index in [1.807, 2.05) is 5.32 Å². The Morgan fingerprint density at radius 3 is 2.57 bits per heavy atom. The summed E-state index contributed by atoms with van der Waals surface area (Å²) in [4.78, 5) is 24.3. The predicted molar refractivity (Wildman–Crippen MR) is 72.5 cm³/mol. The van der Waals surface area contributed by atoms with Gasteiger partial charge >= 0.3 is 18.2 Å². The maximum atomic E-state index is 13.2. The van der Waals surface area contributed by atoms with Crippen molar-refractivity contribution < 1.29 is 27.9 Å². The van der Waals surface area contributed by atoms with Crippen molar-refractivity contribution in [3.05, 3.63) is 18.0 Å². The van der Waals surface area contributed by atoms with Crippen LogP contribution in [0.1, 0.15) is 24.9 Å². The molecular formula is C13H17F3N4O3. The average Bonchev–Trinajstić information content (AvgIpc) is 3.02. The maximum absolute atomic E-state index is 13.2. The Hall–Kier alpha value is -2.26. The first-order valence-electron chi connectivity index (χ1n) is 6.87. The number of alkyl halides is 3. The molecule has 0 bridgehead atoms. The molecule has 23 heavy (non-hydrogen) atoms. The average molecular weight is 334 g/mol. The highest BCUT2D eigenvalue weighted by Crippen LogP contribution is 2.34. The van der Waals surface area contributed by atoms with Crippen LogP contribution >= 0.6 is 0 Å². The van der Waals surface area contributed by atoms with Gasteiger partial charge in [0.15, 0.2) is 6.04 Å². The highest BCUT2D eigenvalue weighted by Gasteiger charge is 2.46. The second kappa shape index (κ2) is 5.74. The van der Waals surface area contributed by atoms with E-state index in [-0.39, 0.29) is 25.1 Å². The van der Waals surface area contributed by atoms with Crippen LogP contribution in [-0.4, -0.2) is 51.1 Å². The first-order chi connectivity index (χ1) is 10.5. The van der Waals surface area contributed by atoms with Crippen LogP contribution in [-0.2, 0) is 11.8 Å². The number of carboxylic acids is 1. The molecule has 1 aromatic rings. The zero-order valence-electron chi connectivity index (χ0n) is 12.6. The monoisotopic (exact) mass is 334 g/mol. The summed E-state index contributed by atoms with van der Waals surface area (Å²) in [7, 11) is 1.47. The number of carbonyl (C=O) groups is 2. The Kier molecular flexibility index (Phi) is 4.27. The lowest BCUT2D eigenvalue weighted by atomic mass is 9.90. The topological polar surface area (TPSA) is 87.5 Å². The third-order valence-electron chi connectivity index (χ3n) is 3.93. The molecule has 1 aliphatic rings. The lowest BCUT2D eigenvalue weighted by molar-refractivity contribution is -0.155. The van der Waals surface area contributed by atoms with Gasteiger partial charge in [0.2, 0.25) is 0 Å². The second-order valence-electron chi connectivity index (χ2n) is 5.91. The van der Waals surface area contributed by atoms with E-state index >= 15 is 0 Å². The van der Waals surface area contributed by atoms with Gasteiger partial charge in [-0.05, 0) is 13.3 Å². The molecule has 10 heteroatoms. The van der Waals surface area contributed by atoms with Gasteiger partial charge in [-0.15, -0.1) is 0 Å². The van der Waals surface area contributed by atoms with E-state index in [9.17, 15) is 22.8 Å². The van der Waals surface area contributed by atoms with E-state index in [0.29, 0.717) is 0 Å². The summed E-state index contributed by atoms with van der Waals surface area (Å²) in [5.41, 5.74) is -1.33. The van der Waals surface area contributed by atoms with Crippen molar-refractivity contribution in [1.82, 2.24) is 20.0 Å². The minimum absolute atomic E-state index is 0.0895. The Morgan fingerprint density at radius 1 is 1.48 bits per heavy atom. The fourth-order valence-electron chi connectivity index (χ4n) is 2.47. The van der Waals surface area contributed by atoms with Crippen molar-refractivity contribution in [2.45, 2.75) is 25.6 Å². The number of hydrogen-bond donors (Lipinski definition) is 2. The van der Waals surface area contributed by atoms with Gasteiger partial charge in [-0.1, -0.05) is 0 Å². The number of aliphatic carboxylic acids is 1. The Labute approximate surface area is 130 Å². The largest absolute Gasteiger partial charge is 0.481 e. The maximum Gasteiger partial charge on any atom is 0.413 e. The molecule has 0 saturated carbocycles. The van der Waals surface area contributed by atoms with Gasteiger partial charge in [0.25, 0.3) is 0 Å². The van der Waals surface area contributed by atoms with Crippen LogP contribution in [0.3, 0.4) is 0 Å². The Bertz CT molecular complexity index is 616. The molecule has 1 aromatic heterocycles. The molecule has 1 fully saturated rings. The number of aryl methyl sites for hydroxylation is 1. The van der Waals surface area contributed by atoms with Gasteiger partial charge in [-0.2, -0.15) is 18.3 Å². The van der Waals surface area contributed by atoms with E-state index in [0.717, 1.165) is 11.1 Å². The zero-order chi connectivity index (χ0) is 17.4. The van der Waals surface area contributed by atoms with Crippen LogP contribution in [0.2, 0.25) is 0 Å². The van der Waals surface area contributed by atoms with E-state index in [1.165, 1.54) is 24.9 Å². The van der Waals surface area contributed by atoms with E-state index in [2.05, 4.69) is 5.10 Å². The normalized spacial score (nSPS) is 22.9. The lowest BCUT2D eigenvalue weighted by Gasteiger charge is -2.25. The number of rotatable bonds is 3. The van der Waals surface area contributed by atoms with Crippen LogP contribution in [0.5, 0.6) is 0 Å². The molecule has 0 spiro atoms. The number of hydrogen-bond acceptors (Lipinski definition) is 3. The predicted octanol–water partition coefficient (Wildman–Crippen LogP) is 1.53. The van der Waals surface area contributed by atoms with Crippen LogP contribution in [0.15, 0.2) is 12.4 Å². The molecule has 1 saturated heterocycles. The fraction of sp³-hybridized carbons (Fsp3) is 0.615. The summed E-state index contributed by atoms with van der Waals surface area (Å²) in [5.74, 6) is -1.08. The number of halogens is 3. The molecular weight excluding hydrogens is 317 g/mol. The van der Waals surface area contributed by atoms with Gasteiger partial charge in [-0.25, -0.2) is 4.79 Å². The molecule has 7 nitrogen and oxygen atoms in total. The number of carbonyl (C=O) groups excluding carboxylic acids is 1. The Balaban J connectivity index is 2.12. The summed E-state index contributed by atoms with van der Waals surface area (Å²) in [6.07, 6.45) is -2.29. The van der Waals surface area contributed by atoms with Crippen molar-refractivity contribution in [3.63, 3.8) is 0 Å². The first-order valence-corrected chi connectivity index (χ1v) is 6.87. The molecule has 2 heterocycles. The van der Waals surface area contributed by atoms with Gasteiger partial charge in [-0.3, -0.25) is 9.48 Å². The number of likely N-dealkylation sites (tertiary alicyclic amines) is 1. The molecule has 2 amide bonds. The van der Waals surface area contributed by atoms with Crippen LogP contribution < -0.4 is 5.32 Å². The molecule has 128 valence electrons. The van der Waals surface area contributed by atoms with Crippen LogP contribution in [0, 0.1) is 5.41 Å². The third-order valence-corrected chi connectivity index (χ3v) is 3.93. The molecule has 2 unspecified atom stereocenters. The molecule has 1 aliphatic heterocycles. The van der Waals surface area contributed by atoms with Crippen molar-refractivity contribution in [1.29, 1.82) is 0 Å². The Morgan fingerprint density at radius 2 is 2.13 bits per heavy atom. The van der Waals surface area contributed by atoms with Gasteiger partial charge in [0.05, 0.1) is 11.6 Å². The number of carboxylic acid groups (broad SMARTS) is 1. The molecule has 0 aliphatic carbocycles. The van der Waals surface area contributed by atoms with Crippen molar-refractivity contribution >= 4 is 12.0 Å². The standard InChI is InChI=1S/C13H17F3N4O3/c1-12(10(21)22)3-4-20(7-12)11(23)18-9(13(14,15)16)8-5-17-19(2)6-8/h5-6,9H,3-4,7H2,1-2H3,(H,18,23)(H,21,22). The number of nitrogens with zero attached hydrogens (tertiary/aromatic N) is 3. The number of aromatic nitrogens is 2. The third kappa shape index (κ3) is 3.57. The molecule has 0 aromatic carbocycles. The molecule has 2 N–H and O–H groups in total. The smallest absolute Gasteiger partial charge is 0.413 e. The van der Waals surface area contributed by atoms with Crippen LogP contribution in [0.4, 0.5) is 18.0 Å². The second-order valence-corrected chi connectivity index (χ2v) is 5.91. The van der Waals surface area contributed by atoms with Crippen molar-refractivity contribution in [2.75, 3.05) is 13.1 Å². The van der Waals surface area contributed by atoms with Gasteiger partial charge in [0, 0.05) is 31.9 Å². The first kappa shape index (κ1) is 17.1. The van der Waals surface area contributed by atoms with Crippen LogP contribution in [0.25, 0.3) is 0 Å². The lowest BCUT2D eigenvalue weighted by Crippen LogP contribution is -2.46. The zero-order valence-corrected chi connectivity index (χ0v) is 12.6. The molecule has 2 rings (SSSR count). The van der Waals surface area contributed by atoms with E-state index in [1.54, 1.807) is 0 Å². The van der Waals surface area contributed by atoms with Crippen molar-refractivity contribution in [2.24, 2.45) is 12.5 Å². The van der Waals surface area contributed by atoms with Gasteiger partial charge < -0.3 is 15.3 Å². The molecule has 0 radical (unpaired) electrons. The SMILES string of the molecule is Cn1cc(C(NC(=O)N2CCC(C)(C(=O)O)C2)C(F)(F)F)cn1. The number of nitrogens with one attached hydrogen (secondary N) is 1. The number of urea groups is 1. The summed E-state index contributed by atoms with van der Waals surface area (Å²) in [6, 6.07) is -3.14. The quantitative estimate of drug-likeness (QED) is 0.877. The summed E-state index contributed by atoms with van der Waals surface area (Å²) >= 11 is 0. The minimum Gasteiger partial charge on any atom is -0.481 e. The highest BCUT2D eigenvalue weighted by atomic mass is 19.4. The highest BCUT2D eigenvalue weighted by molar-refractivity contribution is 5.79. The minimum atomic E-state index is -4.69. The van der Waals surface area contributed by atoms with E-state index in [4.69, 9.17) is 5.11 Å². The summed E-state index contributed by atoms with van der Waals surface area (Å²) < 4.78 is 40.7. The number of amides is 2.